The van der Waals surface area contributed by atoms with E-state index in [0.717, 1.165) is 11.9 Å². The van der Waals surface area contributed by atoms with E-state index in [9.17, 15) is 0 Å². The van der Waals surface area contributed by atoms with Gasteiger partial charge in [0.05, 0.1) is 8.81 Å². The first-order chi connectivity index (χ1) is 7.36. The molecule has 0 bridgehead atoms. The standard InChI is InChI=1S/C14H23OP/c1-7-16-15-13-9-10(2)12(8-11(13)3)14(4,5)6/h8-9,16H,7H2,1-6H3. The first-order valence-electron chi connectivity index (χ1n) is 5.87. The summed E-state index contributed by atoms with van der Waals surface area (Å²) < 4.78 is 5.76. The molecule has 0 radical (unpaired) electrons. The molecule has 1 aromatic carbocycles. The van der Waals surface area contributed by atoms with Gasteiger partial charge < -0.3 is 4.52 Å². The van der Waals surface area contributed by atoms with Crippen LogP contribution in [0.4, 0.5) is 0 Å². The largest absolute Gasteiger partial charge is 0.477 e. The van der Waals surface area contributed by atoms with Crippen molar-refractivity contribution < 1.29 is 4.52 Å². The van der Waals surface area contributed by atoms with Gasteiger partial charge in [0.15, 0.2) is 0 Å². The fraction of sp³-hybridized carbons (Fsp3) is 0.571. The van der Waals surface area contributed by atoms with E-state index in [4.69, 9.17) is 4.52 Å². The number of benzene rings is 1. The van der Waals surface area contributed by atoms with Gasteiger partial charge >= 0.3 is 0 Å². The van der Waals surface area contributed by atoms with Crippen molar-refractivity contribution in [2.75, 3.05) is 6.16 Å². The molecule has 1 unspecified atom stereocenters. The average molecular weight is 238 g/mol. The van der Waals surface area contributed by atoms with Crippen LogP contribution in [0.15, 0.2) is 12.1 Å². The van der Waals surface area contributed by atoms with E-state index in [1.54, 1.807) is 0 Å². The van der Waals surface area contributed by atoms with E-state index >= 15 is 0 Å². The van der Waals surface area contributed by atoms with Gasteiger partial charge in [-0.05, 0) is 48.2 Å². The summed E-state index contributed by atoms with van der Waals surface area (Å²) in [4.78, 5) is 0. The zero-order valence-corrected chi connectivity index (χ0v) is 12.3. The molecule has 0 heterocycles. The molecule has 1 nitrogen and oxygen atoms in total. The van der Waals surface area contributed by atoms with Crippen molar-refractivity contribution >= 4 is 8.81 Å². The fourth-order valence-electron chi connectivity index (χ4n) is 1.86. The van der Waals surface area contributed by atoms with Crippen LogP contribution in [0, 0.1) is 13.8 Å². The van der Waals surface area contributed by atoms with E-state index in [1.165, 1.54) is 16.7 Å². The minimum absolute atomic E-state index is 0.209. The predicted octanol–water partition coefficient (Wildman–Crippen LogP) is 4.59. The summed E-state index contributed by atoms with van der Waals surface area (Å²) in [6.45, 7) is 13.2. The fourth-order valence-corrected chi connectivity index (χ4v) is 2.38. The van der Waals surface area contributed by atoms with E-state index in [1.807, 2.05) is 0 Å². The highest BCUT2D eigenvalue weighted by atomic mass is 31.1. The van der Waals surface area contributed by atoms with Gasteiger partial charge in [-0.2, -0.15) is 0 Å². The lowest BCUT2D eigenvalue weighted by Gasteiger charge is -2.23. The Morgan fingerprint density at radius 1 is 1.12 bits per heavy atom. The molecule has 16 heavy (non-hydrogen) atoms. The zero-order chi connectivity index (χ0) is 12.3. The summed E-state index contributed by atoms with van der Waals surface area (Å²) in [5.41, 5.74) is 4.20. The normalized spacial score (nSPS) is 12.4. The summed E-state index contributed by atoms with van der Waals surface area (Å²) >= 11 is 0. The smallest absolute Gasteiger partial charge is 0.126 e. The first-order valence-corrected chi connectivity index (χ1v) is 6.99. The Bertz CT molecular complexity index is 364. The number of aryl methyl sites for hydroxylation is 2. The van der Waals surface area contributed by atoms with Crippen LogP contribution in [0.25, 0.3) is 0 Å². The van der Waals surface area contributed by atoms with Crippen molar-refractivity contribution in [2.24, 2.45) is 0 Å². The molecule has 90 valence electrons. The van der Waals surface area contributed by atoms with Gasteiger partial charge in [-0.3, -0.25) is 0 Å². The molecule has 0 fully saturated rings. The topological polar surface area (TPSA) is 9.23 Å². The van der Waals surface area contributed by atoms with E-state index < -0.39 is 0 Å². The van der Waals surface area contributed by atoms with Crippen molar-refractivity contribution in [1.29, 1.82) is 0 Å². The molecule has 1 atom stereocenters. The number of hydrogen-bond donors (Lipinski definition) is 0. The summed E-state index contributed by atoms with van der Waals surface area (Å²) in [7, 11) is 0.569. The van der Waals surface area contributed by atoms with Gasteiger partial charge in [-0.1, -0.05) is 33.8 Å². The molecule has 0 N–H and O–H groups in total. The zero-order valence-electron chi connectivity index (χ0n) is 11.3. The van der Waals surface area contributed by atoms with Crippen LogP contribution in [0.5, 0.6) is 5.75 Å². The second-order valence-corrected chi connectivity index (χ2v) is 6.48. The highest BCUT2D eigenvalue weighted by Crippen LogP contribution is 2.33. The maximum absolute atomic E-state index is 5.76. The summed E-state index contributed by atoms with van der Waals surface area (Å²) in [6.07, 6.45) is 1.08. The van der Waals surface area contributed by atoms with Crippen molar-refractivity contribution in [1.82, 2.24) is 0 Å². The Hall–Kier alpha value is -0.550. The molecule has 2 heteroatoms. The molecule has 0 aliphatic rings. The molecule has 0 saturated heterocycles. The van der Waals surface area contributed by atoms with E-state index in [-0.39, 0.29) is 5.41 Å². The molecular weight excluding hydrogens is 215 g/mol. The summed E-state index contributed by atoms with van der Waals surface area (Å²) in [5, 5.41) is 0. The van der Waals surface area contributed by atoms with Gasteiger partial charge in [-0.15, -0.1) is 0 Å². The van der Waals surface area contributed by atoms with Crippen molar-refractivity contribution in [3.05, 3.63) is 28.8 Å². The third-order valence-corrected chi connectivity index (χ3v) is 3.31. The van der Waals surface area contributed by atoms with Gasteiger partial charge in [0, 0.05) is 0 Å². The second-order valence-electron chi connectivity index (χ2n) is 5.28. The second kappa shape index (κ2) is 5.19. The van der Waals surface area contributed by atoms with Crippen LogP contribution in [0.2, 0.25) is 0 Å². The van der Waals surface area contributed by atoms with Gasteiger partial charge in [0.25, 0.3) is 0 Å². The Labute approximate surface area is 101 Å². The monoisotopic (exact) mass is 238 g/mol. The molecule has 0 spiro atoms. The molecular formula is C14H23OP. The summed E-state index contributed by atoms with van der Waals surface area (Å²) in [6, 6.07) is 4.45. The lowest BCUT2D eigenvalue weighted by atomic mass is 9.83. The quantitative estimate of drug-likeness (QED) is 0.700. The van der Waals surface area contributed by atoms with Crippen LogP contribution in [0.1, 0.15) is 44.4 Å². The van der Waals surface area contributed by atoms with E-state index in [0.29, 0.717) is 8.81 Å². The molecule has 1 aromatic rings. The Morgan fingerprint density at radius 2 is 1.75 bits per heavy atom. The van der Waals surface area contributed by atoms with Crippen molar-refractivity contribution in [3.63, 3.8) is 0 Å². The predicted molar refractivity (Wildman–Crippen MR) is 74.1 cm³/mol. The van der Waals surface area contributed by atoms with Gasteiger partial charge in [0.2, 0.25) is 0 Å². The third-order valence-electron chi connectivity index (χ3n) is 2.66. The molecule has 1 rings (SSSR count). The third kappa shape index (κ3) is 3.22. The molecule has 0 aliphatic heterocycles. The summed E-state index contributed by atoms with van der Waals surface area (Å²) in [5.74, 6) is 1.05. The van der Waals surface area contributed by atoms with Crippen LogP contribution in [0.3, 0.4) is 0 Å². The highest BCUT2D eigenvalue weighted by molar-refractivity contribution is 7.32. The Kier molecular flexibility index (Phi) is 4.38. The maximum Gasteiger partial charge on any atom is 0.126 e. The van der Waals surface area contributed by atoms with Crippen LogP contribution >= 0.6 is 8.81 Å². The maximum atomic E-state index is 5.76. The van der Waals surface area contributed by atoms with Crippen LogP contribution < -0.4 is 4.52 Å². The SMILES string of the molecule is CCPOc1cc(C)c(C(C)(C)C)cc1C. The average Bonchev–Trinajstić information content (AvgIpc) is 2.17. The van der Waals surface area contributed by atoms with Crippen LogP contribution in [-0.2, 0) is 5.41 Å². The molecule has 0 saturated carbocycles. The molecule has 0 amide bonds. The number of hydrogen-bond acceptors (Lipinski definition) is 1. The minimum atomic E-state index is 0.209. The van der Waals surface area contributed by atoms with Crippen molar-refractivity contribution in [3.8, 4) is 5.75 Å². The van der Waals surface area contributed by atoms with Crippen LogP contribution in [-0.4, -0.2) is 6.16 Å². The molecule has 0 aromatic heterocycles. The van der Waals surface area contributed by atoms with E-state index in [2.05, 4.69) is 53.7 Å². The lowest BCUT2D eigenvalue weighted by Crippen LogP contribution is -2.13. The number of rotatable bonds is 3. The highest BCUT2D eigenvalue weighted by Gasteiger charge is 2.17. The van der Waals surface area contributed by atoms with Crippen molar-refractivity contribution in [2.45, 2.75) is 47.0 Å². The lowest BCUT2D eigenvalue weighted by molar-refractivity contribution is 0.579. The Balaban J connectivity index is 3.07. The Morgan fingerprint density at radius 3 is 2.25 bits per heavy atom. The van der Waals surface area contributed by atoms with Gasteiger partial charge in [0.1, 0.15) is 5.75 Å². The molecule has 0 aliphatic carbocycles. The minimum Gasteiger partial charge on any atom is -0.477 e. The first kappa shape index (κ1) is 13.5. The van der Waals surface area contributed by atoms with Gasteiger partial charge in [-0.25, -0.2) is 0 Å².